The quantitative estimate of drug-likeness (QED) is 0.638. The van der Waals surface area contributed by atoms with Crippen LogP contribution in [0.2, 0.25) is 0 Å². The second-order valence-electron chi connectivity index (χ2n) is 6.98. The summed E-state index contributed by atoms with van der Waals surface area (Å²) in [6.45, 7) is 7.06. The van der Waals surface area contributed by atoms with Gasteiger partial charge in [-0.3, -0.25) is 9.69 Å². The minimum absolute atomic E-state index is 0.0846. The van der Waals surface area contributed by atoms with Crippen molar-refractivity contribution in [1.29, 1.82) is 0 Å². The molecule has 0 bridgehead atoms. The van der Waals surface area contributed by atoms with Crippen LogP contribution in [-0.4, -0.2) is 84.2 Å². The fourth-order valence-corrected chi connectivity index (χ4v) is 5.09. The molecule has 1 N–H and O–H groups in total. The van der Waals surface area contributed by atoms with Crippen molar-refractivity contribution >= 4 is 34.8 Å². The first-order chi connectivity index (χ1) is 13.6. The SMILES string of the molecule is COc1ccccc1OCC1SCCN1C(=S)CC(=O)C(C)N1CCNCC1. The Labute approximate surface area is 176 Å². The second kappa shape index (κ2) is 10.4. The summed E-state index contributed by atoms with van der Waals surface area (Å²) in [6.07, 6.45) is 0.326. The van der Waals surface area contributed by atoms with Crippen LogP contribution in [0.5, 0.6) is 11.5 Å². The second-order valence-corrected chi connectivity index (χ2v) is 8.74. The zero-order valence-corrected chi connectivity index (χ0v) is 18.2. The van der Waals surface area contributed by atoms with Crippen molar-refractivity contribution in [2.75, 3.05) is 52.2 Å². The van der Waals surface area contributed by atoms with Crippen molar-refractivity contribution in [3.8, 4) is 11.5 Å². The Morgan fingerprint density at radius 3 is 2.71 bits per heavy atom. The van der Waals surface area contributed by atoms with E-state index in [1.54, 1.807) is 7.11 Å². The Bertz CT molecular complexity index is 682. The summed E-state index contributed by atoms with van der Waals surface area (Å²) in [5.74, 6) is 2.64. The van der Waals surface area contributed by atoms with Crippen LogP contribution in [0.4, 0.5) is 0 Å². The third-order valence-electron chi connectivity index (χ3n) is 5.25. The Morgan fingerprint density at radius 1 is 1.29 bits per heavy atom. The highest BCUT2D eigenvalue weighted by Gasteiger charge is 2.31. The van der Waals surface area contributed by atoms with Crippen molar-refractivity contribution in [2.24, 2.45) is 0 Å². The molecule has 3 rings (SSSR count). The molecule has 0 spiro atoms. The van der Waals surface area contributed by atoms with Gasteiger partial charge < -0.3 is 19.7 Å². The van der Waals surface area contributed by atoms with E-state index in [1.165, 1.54) is 0 Å². The van der Waals surface area contributed by atoms with Crippen molar-refractivity contribution in [1.82, 2.24) is 15.1 Å². The van der Waals surface area contributed by atoms with Gasteiger partial charge in [-0.1, -0.05) is 24.4 Å². The fraction of sp³-hybridized carbons (Fsp3) is 0.600. The van der Waals surface area contributed by atoms with Crippen LogP contribution in [0.1, 0.15) is 13.3 Å². The Morgan fingerprint density at radius 2 is 2.00 bits per heavy atom. The number of methoxy groups -OCH3 is 1. The number of thioether (sulfide) groups is 1. The molecule has 1 aromatic carbocycles. The number of benzene rings is 1. The summed E-state index contributed by atoms with van der Waals surface area (Å²) in [7, 11) is 1.64. The van der Waals surface area contributed by atoms with Gasteiger partial charge >= 0.3 is 0 Å². The van der Waals surface area contributed by atoms with Crippen LogP contribution in [0.25, 0.3) is 0 Å². The molecule has 2 heterocycles. The number of nitrogens with one attached hydrogen (secondary N) is 1. The highest BCUT2D eigenvalue weighted by atomic mass is 32.2. The number of carbonyl (C=O) groups is 1. The molecule has 0 aromatic heterocycles. The average molecular weight is 424 g/mol. The van der Waals surface area contributed by atoms with Crippen LogP contribution >= 0.6 is 24.0 Å². The van der Waals surface area contributed by atoms with Gasteiger partial charge in [0.2, 0.25) is 0 Å². The summed E-state index contributed by atoms with van der Waals surface area (Å²) < 4.78 is 11.3. The molecule has 2 saturated heterocycles. The number of nitrogens with zero attached hydrogens (tertiary/aromatic N) is 2. The summed E-state index contributed by atoms with van der Waals surface area (Å²) in [6, 6.07) is 7.55. The fourth-order valence-electron chi connectivity index (χ4n) is 3.51. The van der Waals surface area contributed by atoms with Gasteiger partial charge in [0.15, 0.2) is 17.3 Å². The molecule has 28 heavy (non-hydrogen) atoms. The van der Waals surface area contributed by atoms with Crippen molar-refractivity contribution < 1.29 is 14.3 Å². The molecular formula is C20H29N3O3S2. The van der Waals surface area contributed by atoms with E-state index >= 15 is 0 Å². The minimum atomic E-state index is -0.0846. The lowest BCUT2D eigenvalue weighted by atomic mass is 10.1. The van der Waals surface area contributed by atoms with E-state index < -0.39 is 0 Å². The first-order valence-electron chi connectivity index (χ1n) is 9.74. The maximum Gasteiger partial charge on any atom is 0.161 e. The van der Waals surface area contributed by atoms with E-state index in [9.17, 15) is 4.79 Å². The molecule has 1 aromatic rings. The van der Waals surface area contributed by atoms with Gasteiger partial charge in [-0.25, -0.2) is 0 Å². The molecule has 2 aliphatic rings. The molecule has 0 amide bonds. The van der Waals surface area contributed by atoms with Crippen LogP contribution in [0.3, 0.4) is 0 Å². The first-order valence-corrected chi connectivity index (χ1v) is 11.2. The Balaban J connectivity index is 1.53. The number of rotatable bonds is 8. The molecule has 0 saturated carbocycles. The predicted molar refractivity (Wildman–Crippen MR) is 118 cm³/mol. The average Bonchev–Trinajstić information content (AvgIpc) is 3.21. The molecule has 2 atom stereocenters. The van der Waals surface area contributed by atoms with Gasteiger partial charge in [0.25, 0.3) is 0 Å². The number of thiocarbonyl (C=S) groups is 1. The highest BCUT2D eigenvalue weighted by molar-refractivity contribution is 8.00. The highest BCUT2D eigenvalue weighted by Crippen LogP contribution is 2.30. The van der Waals surface area contributed by atoms with E-state index in [0.29, 0.717) is 13.0 Å². The summed E-state index contributed by atoms with van der Waals surface area (Å²) in [5, 5.41) is 3.45. The van der Waals surface area contributed by atoms with E-state index in [0.717, 1.165) is 55.0 Å². The van der Waals surface area contributed by atoms with Gasteiger partial charge in [-0.15, -0.1) is 11.8 Å². The van der Waals surface area contributed by atoms with Gasteiger partial charge in [-0.2, -0.15) is 0 Å². The molecule has 2 fully saturated rings. The van der Waals surface area contributed by atoms with Crippen molar-refractivity contribution in [3.63, 3.8) is 0 Å². The maximum absolute atomic E-state index is 12.7. The molecule has 6 nitrogen and oxygen atoms in total. The van der Waals surface area contributed by atoms with Crippen LogP contribution < -0.4 is 14.8 Å². The third-order valence-corrected chi connectivity index (χ3v) is 6.82. The molecular weight excluding hydrogens is 394 g/mol. The molecule has 0 radical (unpaired) electrons. The number of para-hydroxylation sites is 2. The molecule has 8 heteroatoms. The predicted octanol–water partition coefficient (Wildman–Crippen LogP) is 2.03. The molecule has 2 aliphatic heterocycles. The van der Waals surface area contributed by atoms with E-state index in [1.807, 2.05) is 43.0 Å². The van der Waals surface area contributed by atoms with Crippen molar-refractivity contribution in [3.05, 3.63) is 24.3 Å². The number of Topliss-reactive ketones (excluding diaryl/α,β-unsaturated/α-hetero) is 1. The summed E-state index contributed by atoms with van der Waals surface area (Å²) >= 11 is 7.47. The lowest BCUT2D eigenvalue weighted by Crippen LogP contribution is -2.50. The number of ketones is 1. The van der Waals surface area contributed by atoms with Crippen LogP contribution in [-0.2, 0) is 4.79 Å². The summed E-state index contributed by atoms with van der Waals surface area (Å²) in [4.78, 5) is 17.9. The standard InChI is InChI=1S/C20H29N3O3S2/c1-15(22-9-7-21-8-10-22)16(24)13-19(27)23-11-12-28-20(23)14-26-18-6-4-3-5-17(18)25-2/h3-6,15,20-21H,7-14H2,1-2H3. The zero-order chi connectivity index (χ0) is 19.9. The van der Waals surface area contributed by atoms with Gasteiger partial charge in [0.05, 0.1) is 24.6 Å². The number of hydrogen-bond acceptors (Lipinski definition) is 7. The Kier molecular flexibility index (Phi) is 7.96. The number of ether oxygens (including phenoxy) is 2. The zero-order valence-electron chi connectivity index (χ0n) is 16.6. The van der Waals surface area contributed by atoms with Crippen LogP contribution in [0.15, 0.2) is 24.3 Å². The lowest BCUT2D eigenvalue weighted by molar-refractivity contribution is -0.122. The number of piperazine rings is 1. The largest absolute Gasteiger partial charge is 0.493 e. The van der Waals surface area contributed by atoms with E-state index in [4.69, 9.17) is 21.7 Å². The van der Waals surface area contributed by atoms with E-state index in [2.05, 4.69) is 15.1 Å². The monoisotopic (exact) mass is 423 g/mol. The van der Waals surface area contributed by atoms with Gasteiger partial charge in [-0.05, 0) is 19.1 Å². The Hall–Kier alpha value is -1.35. The number of hydrogen-bond donors (Lipinski definition) is 1. The normalized spacial score (nSPS) is 21.4. The third kappa shape index (κ3) is 5.37. The maximum atomic E-state index is 12.7. The first kappa shape index (κ1) is 21.4. The van der Waals surface area contributed by atoms with Crippen molar-refractivity contribution in [2.45, 2.75) is 24.8 Å². The number of carbonyl (C=O) groups excluding carboxylic acids is 1. The molecule has 0 aliphatic carbocycles. The topological polar surface area (TPSA) is 54.0 Å². The lowest BCUT2D eigenvalue weighted by Gasteiger charge is -2.32. The van der Waals surface area contributed by atoms with Gasteiger partial charge in [0.1, 0.15) is 12.0 Å². The molecule has 154 valence electrons. The van der Waals surface area contributed by atoms with Gasteiger partial charge in [0, 0.05) is 38.5 Å². The minimum Gasteiger partial charge on any atom is -0.493 e. The van der Waals surface area contributed by atoms with Crippen LogP contribution in [0, 0.1) is 0 Å². The smallest absolute Gasteiger partial charge is 0.161 e. The summed E-state index contributed by atoms with van der Waals surface area (Å²) in [5.41, 5.74) is 0. The van der Waals surface area contributed by atoms with E-state index in [-0.39, 0.29) is 17.2 Å². The molecule has 2 unspecified atom stereocenters.